The molecule has 0 unspecified atom stereocenters. The van der Waals surface area contributed by atoms with Crippen LogP contribution in [0.3, 0.4) is 0 Å². The predicted molar refractivity (Wildman–Crippen MR) is 115 cm³/mol. The number of hydrogen-bond acceptors (Lipinski definition) is 5. The molecule has 2 fully saturated rings. The van der Waals surface area contributed by atoms with Gasteiger partial charge in [0, 0.05) is 13.0 Å². The van der Waals surface area contributed by atoms with Crippen LogP contribution in [0, 0.1) is 17.8 Å². The maximum atomic E-state index is 13.1. The Kier molecular flexibility index (Phi) is 7.35. The lowest BCUT2D eigenvalue weighted by Gasteiger charge is -2.45. The first-order valence-electron chi connectivity index (χ1n) is 11.3. The van der Waals surface area contributed by atoms with Crippen LogP contribution in [0.5, 0.6) is 0 Å². The van der Waals surface area contributed by atoms with E-state index in [1.165, 1.54) is 5.56 Å². The summed E-state index contributed by atoms with van der Waals surface area (Å²) in [6.45, 7) is 9.50. The Balaban J connectivity index is 1.58. The van der Waals surface area contributed by atoms with E-state index in [1.54, 1.807) is 0 Å². The van der Waals surface area contributed by atoms with Crippen molar-refractivity contribution in [1.82, 2.24) is 0 Å². The minimum absolute atomic E-state index is 0.0305. The van der Waals surface area contributed by atoms with Gasteiger partial charge in [0.05, 0.1) is 24.7 Å². The predicted octanol–water partition coefficient (Wildman–Crippen LogP) is 4.72. The number of carbonyl (C=O) groups is 2. The average molecular weight is 417 g/mol. The van der Waals surface area contributed by atoms with Crippen molar-refractivity contribution in [2.24, 2.45) is 17.8 Å². The molecule has 1 aromatic carbocycles. The van der Waals surface area contributed by atoms with Crippen molar-refractivity contribution in [3.05, 3.63) is 35.9 Å². The molecule has 2 bridgehead atoms. The zero-order valence-corrected chi connectivity index (χ0v) is 18.8. The molecule has 2 saturated heterocycles. The normalized spacial score (nSPS) is 30.6. The van der Waals surface area contributed by atoms with Gasteiger partial charge in [-0.3, -0.25) is 9.59 Å². The van der Waals surface area contributed by atoms with E-state index in [-0.39, 0.29) is 29.5 Å². The number of hydrogen-bond donors (Lipinski definition) is 0. The van der Waals surface area contributed by atoms with Crippen LogP contribution in [-0.2, 0) is 30.4 Å². The quantitative estimate of drug-likeness (QED) is 0.408. The molecule has 0 saturated carbocycles. The molecular weight excluding hydrogens is 380 g/mol. The van der Waals surface area contributed by atoms with Crippen molar-refractivity contribution < 1.29 is 23.8 Å². The third-order valence-corrected chi connectivity index (χ3v) is 7.02. The van der Waals surface area contributed by atoms with E-state index in [9.17, 15) is 9.59 Å². The number of Topliss-reactive ketones (excluding diaryl/α,β-unsaturated/α-hetero) is 1. The second kappa shape index (κ2) is 9.61. The van der Waals surface area contributed by atoms with Crippen molar-refractivity contribution in [3.8, 4) is 0 Å². The van der Waals surface area contributed by atoms with E-state index in [0.717, 1.165) is 19.3 Å². The maximum absolute atomic E-state index is 13.1. The SMILES string of the molecule is CCOC(=O)[C@@H]1C[C@]2(C(C)C)O[C@@]1(C)[C@H](CCCCOCc1ccccc1)CC2=O. The molecule has 4 atom stereocenters. The molecule has 0 aliphatic carbocycles. The topological polar surface area (TPSA) is 61.8 Å². The summed E-state index contributed by atoms with van der Waals surface area (Å²) in [7, 11) is 0. The summed E-state index contributed by atoms with van der Waals surface area (Å²) >= 11 is 0. The molecule has 2 heterocycles. The van der Waals surface area contributed by atoms with Crippen LogP contribution in [0.1, 0.15) is 65.4 Å². The molecule has 0 N–H and O–H groups in total. The Morgan fingerprint density at radius 2 is 1.97 bits per heavy atom. The number of ketones is 1. The number of esters is 1. The van der Waals surface area contributed by atoms with Crippen LogP contribution in [0.25, 0.3) is 0 Å². The highest BCUT2D eigenvalue weighted by Crippen LogP contribution is 2.56. The second-order valence-corrected chi connectivity index (χ2v) is 9.20. The molecule has 2 aliphatic rings. The highest BCUT2D eigenvalue weighted by molar-refractivity contribution is 5.91. The van der Waals surface area contributed by atoms with Gasteiger partial charge in [0.15, 0.2) is 5.78 Å². The summed E-state index contributed by atoms with van der Waals surface area (Å²) in [6, 6.07) is 10.1. The van der Waals surface area contributed by atoms with Crippen molar-refractivity contribution >= 4 is 11.8 Å². The fourth-order valence-corrected chi connectivity index (χ4v) is 5.13. The number of ether oxygens (including phenoxy) is 3. The Hall–Kier alpha value is -1.72. The standard InChI is InChI=1S/C25H36O5/c1-5-29-23(27)21-16-25(18(2)3)22(26)15-20(24(21,4)30-25)13-9-10-14-28-17-19-11-7-6-8-12-19/h6-8,11-12,18,20-21H,5,9-10,13-17H2,1-4H3/t20-,21+,24+,25-/m1/s1. The Morgan fingerprint density at radius 3 is 2.63 bits per heavy atom. The van der Waals surface area contributed by atoms with E-state index in [2.05, 4.69) is 12.1 Å². The monoisotopic (exact) mass is 416 g/mol. The highest BCUT2D eigenvalue weighted by Gasteiger charge is 2.66. The molecule has 5 heteroatoms. The lowest BCUT2D eigenvalue weighted by Crippen LogP contribution is -2.54. The van der Waals surface area contributed by atoms with Gasteiger partial charge in [-0.1, -0.05) is 50.6 Å². The van der Waals surface area contributed by atoms with Gasteiger partial charge in [-0.05, 0) is 50.5 Å². The molecule has 5 nitrogen and oxygen atoms in total. The number of unbranched alkanes of at least 4 members (excludes halogenated alkanes) is 1. The number of rotatable bonds is 10. The summed E-state index contributed by atoms with van der Waals surface area (Å²) in [4.78, 5) is 25.8. The fourth-order valence-electron chi connectivity index (χ4n) is 5.13. The summed E-state index contributed by atoms with van der Waals surface area (Å²) in [5.74, 6) is -0.398. The summed E-state index contributed by atoms with van der Waals surface area (Å²) in [6.07, 6.45) is 3.63. The van der Waals surface area contributed by atoms with Crippen LogP contribution < -0.4 is 0 Å². The number of benzene rings is 1. The first-order valence-corrected chi connectivity index (χ1v) is 11.3. The van der Waals surface area contributed by atoms with Gasteiger partial charge >= 0.3 is 5.97 Å². The van der Waals surface area contributed by atoms with Gasteiger partial charge in [-0.25, -0.2) is 0 Å². The summed E-state index contributed by atoms with van der Waals surface area (Å²) in [5, 5.41) is 0. The van der Waals surface area contributed by atoms with E-state index in [0.29, 0.717) is 32.7 Å². The lowest BCUT2D eigenvalue weighted by molar-refractivity contribution is -0.196. The van der Waals surface area contributed by atoms with Crippen LogP contribution >= 0.6 is 0 Å². The average Bonchev–Trinajstić information content (AvgIpc) is 3.02. The van der Waals surface area contributed by atoms with Gasteiger partial charge in [0.2, 0.25) is 0 Å². The van der Waals surface area contributed by atoms with Crippen molar-refractivity contribution in [3.63, 3.8) is 0 Å². The van der Waals surface area contributed by atoms with Gasteiger partial charge < -0.3 is 14.2 Å². The van der Waals surface area contributed by atoms with E-state index < -0.39 is 11.2 Å². The minimum atomic E-state index is -0.846. The summed E-state index contributed by atoms with van der Waals surface area (Å²) in [5.41, 5.74) is -0.318. The molecular formula is C25H36O5. The Labute approximate surface area is 180 Å². The number of fused-ring (bicyclic) bond motifs is 2. The molecule has 166 valence electrons. The van der Waals surface area contributed by atoms with Crippen LogP contribution in [-0.4, -0.2) is 36.2 Å². The van der Waals surface area contributed by atoms with Crippen LogP contribution in [0.4, 0.5) is 0 Å². The zero-order chi connectivity index (χ0) is 21.8. The van der Waals surface area contributed by atoms with Crippen LogP contribution in [0.15, 0.2) is 30.3 Å². The van der Waals surface area contributed by atoms with Gasteiger partial charge in [0.25, 0.3) is 0 Å². The molecule has 1 aromatic rings. The number of carbonyl (C=O) groups excluding carboxylic acids is 2. The van der Waals surface area contributed by atoms with Gasteiger partial charge in [-0.2, -0.15) is 0 Å². The molecule has 3 rings (SSSR count). The largest absolute Gasteiger partial charge is 0.466 e. The third kappa shape index (κ3) is 4.47. The Morgan fingerprint density at radius 1 is 1.23 bits per heavy atom. The van der Waals surface area contributed by atoms with Gasteiger partial charge in [-0.15, -0.1) is 0 Å². The minimum Gasteiger partial charge on any atom is -0.466 e. The molecule has 30 heavy (non-hydrogen) atoms. The van der Waals surface area contributed by atoms with Gasteiger partial charge in [0.1, 0.15) is 5.60 Å². The van der Waals surface area contributed by atoms with E-state index >= 15 is 0 Å². The van der Waals surface area contributed by atoms with E-state index in [4.69, 9.17) is 14.2 Å². The molecule has 0 amide bonds. The lowest BCUT2D eigenvalue weighted by atomic mass is 9.75. The Bertz CT molecular complexity index is 730. The smallest absolute Gasteiger partial charge is 0.311 e. The van der Waals surface area contributed by atoms with E-state index in [1.807, 2.05) is 45.9 Å². The van der Waals surface area contributed by atoms with Crippen LogP contribution in [0.2, 0.25) is 0 Å². The maximum Gasteiger partial charge on any atom is 0.311 e. The molecule has 0 spiro atoms. The first kappa shape index (κ1) is 23.0. The first-order chi connectivity index (χ1) is 14.3. The third-order valence-electron chi connectivity index (χ3n) is 7.02. The zero-order valence-electron chi connectivity index (χ0n) is 18.8. The summed E-state index contributed by atoms with van der Waals surface area (Å²) < 4.78 is 17.6. The molecule has 2 aliphatic heterocycles. The van der Waals surface area contributed by atoms with Crippen molar-refractivity contribution in [2.75, 3.05) is 13.2 Å². The van der Waals surface area contributed by atoms with Crippen molar-refractivity contribution in [1.29, 1.82) is 0 Å². The highest BCUT2D eigenvalue weighted by atomic mass is 16.6. The molecule has 0 radical (unpaired) electrons. The fraction of sp³-hybridized carbons (Fsp3) is 0.680. The second-order valence-electron chi connectivity index (χ2n) is 9.20. The van der Waals surface area contributed by atoms with Crippen molar-refractivity contribution in [2.45, 2.75) is 77.6 Å². The molecule has 0 aromatic heterocycles.